The minimum Gasteiger partial charge on any atom is -0.450 e. The van der Waals surface area contributed by atoms with Crippen LogP contribution in [0.5, 0.6) is 0 Å². The Hall–Kier alpha value is -2.83. The minimum absolute atomic E-state index is 0.00208. The van der Waals surface area contributed by atoms with Crippen molar-refractivity contribution in [2.24, 2.45) is 0 Å². The predicted molar refractivity (Wildman–Crippen MR) is 103 cm³/mol. The Kier molecular flexibility index (Phi) is 5.78. The SMILES string of the molecule is CCOC(=O)N1CCN(C(=O)CCc2cc3cc(C)ccc3[nH]c2=O)CC1. The molecule has 1 aliphatic heterocycles. The number of piperazine rings is 1. The number of aromatic nitrogens is 1. The van der Waals surface area contributed by atoms with E-state index in [4.69, 9.17) is 4.74 Å². The molecule has 1 N–H and O–H groups in total. The second-order valence-electron chi connectivity index (χ2n) is 6.78. The van der Waals surface area contributed by atoms with Crippen LogP contribution < -0.4 is 5.56 Å². The first-order chi connectivity index (χ1) is 13.0. The number of nitrogens with one attached hydrogen (secondary N) is 1. The number of nitrogens with zero attached hydrogens (tertiary/aromatic N) is 2. The number of hydrogen-bond acceptors (Lipinski definition) is 4. The van der Waals surface area contributed by atoms with Crippen molar-refractivity contribution in [2.45, 2.75) is 26.7 Å². The van der Waals surface area contributed by atoms with Crippen molar-refractivity contribution in [1.82, 2.24) is 14.8 Å². The Morgan fingerprint density at radius 3 is 2.52 bits per heavy atom. The highest BCUT2D eigenvalue weighted by Gasteiger charge is 2.24. The van der Waals surface area contributed by atoms with Crippen molar-refractivity contribution in [3.8, 4) is 0 Å². The van der Waals surface area contributed by atoms with E-state index in [1.807, 2.05) is 31.2 Å². The fraction of sp³-hybridized carbons (Fsp3) is 0.450. The van der Waals surface area contributed by atoms with Gasteiger partial charge in [0.05, 0.1) is 6.61 Å². The number of aryl methyl sites for hydroxylation is 2. The maximum atomic E-state index is 12.5. The van der Waals surface area contributed by atoms with Gasteiger partial charge in [0.2, 0.25) is 5.91 Å². The Morgan fingerprint density at radius 1 is 1.11 bits per heavy atom. The number of amides is 2. The van der Waals surface area contributed by atoms with Gasteiger partial charge in [-0.1, -0.05) is 11.6 Å². The first kappa shape index (κ1) is 18.9. The van der Waals surface area contributed by atoms with Crippen LogP contribution in [0.4, 0.5) is 4.79 Å². The molecule has 0 saturated carbocycles. The van der Waals surface area contributed by atoms with Crippen molar-refractivity contribution < 1.29 is 14.3 Å². The molecule has 0 bridgehead atoms. The second kappa shape index (κ2) is 8.24. The summed E-state index contributed by atoms with van der Waals surface area (Å²) in [4.78, 5) is 42.7. The van der Waals surface area contributed by atoms with Gasteiger partial charge in [-0.2, -0.15) is 0 Å². The van der Waals surface area contributed by atoms with Gasteiger partial charge in [-0.25, -0.2) is 4.79 Å². The number of pyridine rings is 1. The van der Waals surface area contributed by atoms with Gasteiger partial charge >= 0.3 is 6.09 Å². The summed E-state index contributed by atoms with van der Waals surface area (Å²) in [6.07, 6.45) is 0.346. The van der Waals surface area contributed by atoms with Gasteiger partial charge in [0.15, 0.2) is 0 Å². The summed E-state index contributed by atoms with van der Waals surface area (Å²) in [6, 6.07) is 7.74. The largest absolute Gasteiger partial charge is 0.450 e. The van der Waals surface area contributed by atoms with Gasteiger partial charge in [-0.3, -0.25) is 9.59 Å². The molecule has 144 valence electrons. The van der Waals surface area contributed by atoms with E-state index < -0.39 is 0 Å². The molecule has 2 amide bonds. The van der Waals surface area contributed by atoms with Crippen LogP contribution in [0.3, 0.4) is 0 Å². The lowest BCUT2D eigenvalue weighted by Gasteiger charge is -2.34. The molecule has 1 saturated heterocycles. The normalized spacial score (nSPS) is 14.4. The highest BCUT2D eigenvalue weighted by Crippen LogP contribution is 2.14. The molecular weight excluding hydrogens is 346 g/mol. The summed E-state index contributed by atoms with van der Waals surface area (Å²) in [5.74, 6) is 0.00208. The summed E-state index contributed by atoms with van der Waals surface area (Å²) in [7, 11) is 0. The fourth-order valence-electron chi connectivity index (χ4n) is 3.31. The highest BCUT2D eigenvalue weighted by molar-refractivity contribution is 5.80. The number of rotatable bonds is 4. The molecule has 1 fully saturated rings. The van der Waals surface area contributed by atoms with E-state index in [1.165, 1.54) is 0 Å². The molecule has 2 aromatic rings. The quantitative estimate of drug-likeness (QED) is 0.892. The van der Waals surface area contributed by atoms with Crippen molar-refractivity contribution in [3.05, 3.63) is 45.7 Å². The number of ether oxygens (including phenoxy) is 1. The summed E-state index contributed by atoms with van der Waals surface area (Å²) in [5, 5.41) is 0.972. The Labute approximate surface area is 157 Å². The van der Waals surface area contributed by atoms with E-state index in [-0.39, 0.29) is 24.0 Å². The van der Waals surface area contributed by atoms with Gasteiger partial charge in [0, 0.05) is 43.7 Å². The number of fused-ring (bicyclic) bond motifs is 1. The highest BCUT2D eigenvalue weighted by atomic mass is 16.6. The second-order valence-corrected chi connectivity index (χ2v) is 6.78. The molecule has 1 aliphatic rings. The van der Waals surface area contributed by atoms with E-state index in [1.54, 1.807) is 16.7 Å². The maximum absolute atomic E-state index is 12.5. The Bertz CT molecular complexity index is 898. The molecule has 1 aromatic heterocycles. The van der Waals surface area contributed by atoms with Crippen LogP contribution in [-0.4, -0.2) is 59.6 Å². The van der Waals surface area contributed by atoms with Crippen LogP contribution in [0.2, 0.25) is 0 Å². The van der Waals surface area contributed by atoms with E-state index >= 15 is 0 Å². The molecule has 0 atom stereocenters. The van der Waals surface area contributed by atoms with Crippen LogP contribution in [0.25, 0.3) is 10.9 Å². The van der Waals surface area contributed by atoms with Crippen molar-refractivity contribution in [1.29, 1.82) is 0 Å². The van der Waals surface area contributed by atoms with Crippen molar-refractivity contribution in [3.63, 3.8) is 0 Å². The molecule has 27 heavy (non-hydrogen) atoms. The topological polar surface area (TPSA) is 82.7 Å². The molecule has 7 heteroatoms. The number of hydrogen-bond donors (Lipinski definition) is 1. The van der Waals surface area contributed by atoms with Gasteiger partial charge in [-0.15, -0.1) is 0 Å². The lowest BCUT2D eigenvalue weighted by Crippen LogP contribution is -2.50. The zero-order valence-corrected chi connectivity index (χ0v) is 15.8. The van der Waals surface area contributed by atoms with Crippen LogP contribution in [0.15, 0.2) is 29.1 Å². The predicted octanol–water partition coefficient (Wildman–Crippen LogP) is 2.07. The molecule has 0 spiro atoms. The molecule has 2 heterocycles. The van der Waals surface area contributed by atoms with E-state index in [0.717, 1.165) is 16.5 Å². The molecule has 1 aromatic carbocycles. The van der Waals surface area contributed by atoms with E-state index in [0.29, 0.717) is 44.8 Å². The van der Waals surface area contributed by atoms with Gasteiger partial charge < -0.3 is 19.5 Å². The van der Waals surface area contributed by atoms with E-state index in [2.05, 4.69) is 4.98 Å². The Balaban J connectivity index is 1.58. The molecule has 0 radical (unpaired) electrons. The first-order valence-electron chi connectivity index (χ1n) is 9.30. The van der Waals surface area contributed by atoms with E-state index in [9.17, 15) is 14.4 Å². The Morgan fingerprint density at radius 2 is 1.81 bits per heavy atom. The van der Waals surface area contributed by atoms with Crippen molar-refractivity contribution in [2.75, 3.05) is 32.8 Å². The van der Waals surface area contributed by atoms with Crippen LogP contribution in [0, 0.1) is 6.92 Å². The monoisotopic (exact) mass is 371 g/mol. The third-order valence-electron chi connectivity index (χ3n) is 4.84. The number of carbonyl (C=O) groups is 2. The summed E-state index contributed by atoms with van der Waals surface area (Å²) in [5.41, 5.74) is 2.39. The summed E-state index contributed by atoms with van der Waals surface area (Å²) < 4.78 is 4.98. The van der Waals surface area contributed by atoms with Crippen molar-refractivity contribution >= 4 is 22.9 Å². The first-order valence-corrected chi connectivity index (χ1v) is 9.30. The molecular formula is C20H25N3O4. The maximum Gasteiger partial charge on any atom is 0.409 e. The average Bonchev–Trinajstić information content (AvgIpc) is 2.66. The third kappa shape index (κ3) is 4.48. The lowest BCUT2D eigenvalue weighted by molar-refractivity contribution is -0.132. The lowest BCUT2D eigenvalue weighted by atomic mass is 10.1. The smallest absolute Gasteiger partial charge is 0.409 e. The van der Waals surface area contributed by atoms with Crippen LogP contribution >= 0.6 is 0 Å². The average molecular weight is 371 g/mol. The number of benzene rings is 1. The van der Waals surface area contributed by atoms with Gasteiger partial charge in [0.1, 0.15) is 0 Å². The summed E-state index contributed by atoms with van der Waals surface area (Å²) in [6.45, 7) is 6.05. The van der Waals surface area contributed by atoms with Gasteiger partial charge in [0.25, 0.3) is 5.56 Å². The van der Waals surface area contributed by atoms with Gasteiger partial charge in [-0.05, 0) is 43.9 Å². The molecule has 0 unspecified atom stereocenters. The molecule has 7 nitrogen and oxygen atoms in total. The molecule has 0 aliphatic carbocycles. The summed E-state index contributed by atoms with van der Waals surface area (Å²) >= 11 is 0. The third-order valence-corrected chi connectivity index (χ3v) is 4.84. The van der Waals surface area contributed by atoms with Crippen LogP contribution in [0.1, 0.15) is 24.5 Å². The zero-order chi connectivity index (χ0) is 19.4. The van der Waals surface area contributed by atoms with Crippen LogP contribution in [-0.2, 0) is 16.0 Å². The minimum atomic E-state index is -0.331. The fourth-order valence-corrected chi connectivity index (χ4v) is 3.31. The molecule has 3 rings (SSSR count). The standard InChI is InChI=1S/C20H25N3O4/c1-3-27-20(26)23-10-8-22(9-11-23)18(24)7-5-15-13-16-12-14(2)4-6-17(16)21-19(15)25/h4,6,12-13H,3,5,7-11H2,1-2H3,(H,21,25). The number of aromatic amines is 1. The number of carbonyl (C=O) groups excluding carboxylic acids is 2. The zero-order valence-electron chi connectivity index (χ0n) is 15.8. The number of H-pyrrole nitrogens is 1.